The molecule has 0 fully saturated rings. The van der Waals surface area contributed by atoms with E-state index in [-0.39, 0.29) is 18.8 Å². The first-order valence-electron chi connectivity index (χ1n) is 8.16. The molecule has 0 radical (unpaired) electrons. The Kier molecular flexibility index (Phi) is 9.04. The Balaban J connectivity index is 2.73. The van der Waals surface area contributed by atoms with Crippen molar-refractivity contribution in [2.45, 2.75) is 33.6 Å². The van der Waals surface area contributed by atoms with Gasteiger partial charge in [0.2, 0.25) is 0 Å². The molecule has 0 aliphatic rings. The van der Waals surface area contributed by atoms with Gasteiger partial charge in [-0.3, -0.25) is 0 Å². The minimum atomic E-state index is -0.719. The summed E-state index contributed by atoms with van der Waals surface area (Å²) in [5.74, 6) is -0.667. The Labute approximate surface area is 142 Å². The molecular formula is C18H25NO5. The van der Waals surface area contributed by atoms with Gasteiger partial charge in [0.1, 0.15) is 5.75 Å². The minimum Gasteiger partial charge on any atom is -0.494 e. The number of rotatable bonds is 10. The van der Waals surface area contributed by atoms with E-state index in [1.54, 1.807) is 26.0 Å². The number of hydrogen-bond acceptors (Lipinski definition) is 6. The second-order valence-electron chi connectivity index (χ2n) is 4.87. The summed E-state index contributed by atoms with van der Waals surface area (Å²) >= 11 is 0. The van der Waals surface area contributed by atoms with Gasteiger partial charge in [0.15, 0.2) is 5.57 Å². The Morgan fingerprint density at radius 2 is 1.58 bits per heavy atom. The van der Waals surface area contributed by atoms with Crippen molar-refractivity contribution in [3.05, 3.63) is 36.0 Å². The molecule has 0 bridgehead atoms. The van der Waals surface area contributed by atoms with E-state index in [0.29, 0.717) is 12.3 Å². The van der Waals surface area contributed by atoms with Crippen LogP contribution in [-0.2, 0) is 19.1 Å². The molecule has 0 amide bonds. The maximum Gasteiger partial charge on any atom is 0.347 e. The number of anilines is 1. The monoisotopic (exact) mass is 335 g/mol. The second-order valence-corrected chi connectivity index (χ2v) is 4.87. The molecule has 6 nitrogen and oxygen atoms in total. The largest absolute Gasteiger partial charge is 0.494 e. The maximum atomic E-state index is 11.8. The maximum absolute atomic E-state index is 11.8. The Morgan fingerprint density at radius 1 is 1.00 bits per heavy atom. The normalized spacial score (nSPS) is 9.79. The van der Waals surface area contributed by atoms with Crippen molar-refractivity contribution in [3.63, 3.8) is 0 Å². The van der Waals surface area contributed by atoms with Crippen LogP contribution in [0.25, 0.3) is 0 Å². The zero-order valence-electron chi connectivity index (χ0n) is 14.5. The fraction of sp³-hybridized carbons (Fsp3) is 0.444. The molecule has 0 aliphatic carbocycles. The number of unbranched alkanes of at least 4 members (excludes halogenated alkanes) is 1. The highest BCUT2D eigenvalue weighted by atomic mass is 16.6. The second kappa shape index (κ2) is 11.1. The van der Waals surface area contributed by atoms with Gasteiger partial charge in [-0.25, -0.2) is 9.59 Å². The summed E-state index contributed by atoms with van der Waals surface area (Å²) in [5, 5.41) is 2.90. The summed E-state index contributed by atoms with van der Waals surface area (Å²) in [5.41, 5.74) is 0.533. The first kappa shape index (κ1) is 19.5. The van der Waals surface area contributed by atoms with Crippen LogP contribution in [0.3, 0.4) is 0 Å². The van der Waals surface area contributed by atoms with Gasteiger partial charge in [-0.1, -0.05) is 13.3 Å². The number of benzene rings is 1. The van der Waals surface area contributed by atoms with Crippen molar-refractivity contribution in [1.82, 2.24) is 0 Å². The molecule has 0 saturated heterocycles. The highest BCUT2D eigenvalue weighted by Gasteiger charge is 2.20. The summed E-state index contributed by atoms with van der Waals surface area (Å²) in [6.07, 6.45) is 3.38. The van der Waals surface area contributed by atoms with E-state index < -0.39 is 11.9 Å². The number of ether oxygens (including phenoxy) is 3. The van der Waals surface area contributed by atoms with Crippen molar-refractivity contribution >= 4 is 17.6 Å². The fourth-order valence-electron chi connectivity index (χ4n) is 1.76. The van der Waals surface area contributed by atoms with Gasteiger partial charge >= 0.3 is 11.9 Å². The van der Waals surface area contributed by atoms with Gasteiger partial charge in [0.05, 0.1) is 19.8 Å². The molecule has 6 heteroatoms. The van der Waals surface area contributed by atoms with E-state index in [9.17, 15) is 9.59 Å². The van der Waals surface area contributed by atoms with Crippen LogP contribution in [0, 0.1) is 0 Å². The van der Waals surface area contributed by atoms with Gasteiger partial charge in [-0.05, 0) is 44.5 Å². The lowest BCUT2D eigenvalue weighted by atomic mass is 10.2. The van der Waals surface area contributed by atoms with Gasteiger partial charge in [-0.15, -0.1) is 0 Å². The van der Waals surface area contributed by atoms with E-state index in [1.807, 2.05) is 12.1 Å². The van der Waals surface area contributed by atoms with Gasteiger partial charge in [0.25, 0.3) is 0 Å². The average molecular weight is 335 g/mol. The number of esters is 2. The molecule has 0 spiro atoms. The van der Waals surface area contributed by atoms with Crippen LogP contribution in [-0.4, -0.2) is 31.8 Å². The Hall–Kier alpha value is -2.50. The third-order valence-corrected chi connectivity index (χ3v) is 2.99. The molecule has 0 heterocycles. The number of carbonyl (C=O) groups is 2. The van der Waals surface area contributed by atoms with Crippen LogP contribution in [0.15, 0.2) is 36.0 Å². The molecule has 0 atom stereocenters. The number of carbonyl (C=O) groups excluding carboxylic acids is 2. The predicted molar refractivity (Wildman–Crippen MR) is 91.8 cm³/mol. The third-order valence-electron chi connectivity index (χ3n) is 2.99. The zero-order valence-corrected chi connectivity index (χ0v) is 14.5. The Morgan fingerprint density at radius 3 is 2.08 bits per heavy atom. The minimum absolute atomic E-state index is 0.179. The summed E-state index contributed by atoms with van der Waals surface area (Å²) in [6, 6.07) is 7.23. The Bertz CT molecular complexity index is 531. The summed E-state index contributed by atoms with van der Waals surface area (Å²) < 4.78 is 15.3. The summed E-state index contributed by atoms with van der Waals surface area (Å²) in [6.45, 7) is 6.49. The fourth-order valence-corrected chi connectivity index (χ4v) is 1.76. The quantitative estimate of drug-likeness (QED) is 0.232. The lowest BCUT2D eigenvalue weighted by Gasteiger charge is -2.09. The third kappa shape index (κ3) is 6.73. The molecule has 1 aromatic rings. The molecule has 0 unspecified atom stereocenters. The van der Waals surface area contributed by atoms with Crippen molar-refractivity contribution in [1.29, 1.82) is 0 Å². The first-order chi connectivity index (χ1) is 11.6. The average Bonchev–Trinajstić information content (AvgIpc) is 2.57. The van der Waals surface area contributed by atoms with Crippen LogP contribution in [0.2, 0.25) is 0 Å². The molecule has 1 rings (SSSR count). The molecular weight excluding hydrogens is 310 g/mol. The smallest absolute Gasteiger partial charge is 0.347 e. The van der Waals surface area contributed by atoms with Gasteiger partial charge in [-0.2, -0.15) is 0 Å². The highest BCUT2D eigenvalue weighted by Crippen LogP contribution is 2.16. The molecule has 0 saturated carbocycles. The van der Waals surface area contributed by atoms with E-state index in [0.717, 1.165) is 18.6 Å². The van der Waals surface area contributed by atoms with Crippen LogP contribution >= 0.6 is 0 Å². The molecule has 1 N–H and O–H groups in total. The lowest BCUT2D eigenvalue weighted by molar-refractivity contribution is -0.146. The van der Waals surface area contributed by atoms with E-state index in [1.165, 1.54) is 6.20 Å². The number of nitrogens with one attached hydrogen (secondary N) is 1. The van der Waals surface area contributed by atoms with Crippen molar-refractivity contribution in [2.24, 2.45) is 0 Å². The van der Waals surface area contributed by atoms with Gasteiger partial charge in [0, 0.05) is 11.9 Å². The number of hydrogen-bond donors (Lipinski definition) is 1. The van der Waals surface area contributed by atoms with Crippen molar-refractivity contribution in [2.75, 3.05) is 25.1 Å². The molecule has 0 aliphatic heterocycles. The standard InChI is InChI=1S/C18H25NO5/c1-4-7-12-24-15-10-8-14(9-11-15)19-13-16(17(20)22-5-2)18(21)23-6-3/h8-11,13,19H,4-7,12H2,1-3H3. The molecule has 0 aromatic heterocycles. The van der Waals surface area contributed by atoms with Crippen LogP contribution in [0.5, 0.6) is 5.75 Å². The van der Waals surface area contributed by atoms with Crippen LogP contribution < -0.4 is 10.1 Å². The van der Waals surface area contributed by atoms with E-state index >= 15 is 0 Å². The van der Waals surface area contributed by atoms with Crippen molar-refractivity contribution < 1.29 is 23.8 Å². The topological polar surface area (TPSA) is 73.9 Å². The first-order valence-corrected chi connectivity index (χ1v) is 8.16. The summed E-state index contributed by atoms with van der Waals surface area (Å²) in [4.78, 5) is 23.7. The molecule has 1 aromatic carbocycles. The molecule has 24 heavy (non-hydrogen) atoms. The SMILES string of the molecule is CCCCOc1ccc(NC=C(C(=O)OCC)C(=O)OCC)cc1. The van der Waals surface area contributed by atoms with E-state index in [4.69, 9.17) is 14.2 Å². The van der Waals surface area contributed by atoms with E-state index in [2.05, 4.69) is 12.2 Å². The predicted octanol–water partition coefficient (Wildman–Crippen LogP) is 3.29. The summed E-state index contributed by atoms with van der Waals surface area (Å²) in [7, 11) is 0. The van der Waals surface area contributed by atoms with Crippen LogP contribution in [0.4, 0.5) is 5.69 Å². The lowest BCUT2D eigenvalue weighted by Crippen LogP contribution is -2.19. The van der Waals surface area contributed by atoms with Crippen LogP contribution in [0.1, 0.15) is 33.6 Å². The highest BCUT2D eigenvalue weighted by molar-refractivity contribution is 6.14. The van der Waals surface area contributed by atoms with Crippen molar-refractivity contribution in [3.8, 4) is 5.75 Å². The molecule has 132 valence electrons. The zero-order chi connectivity index (χ0) is 17.8. The van der Waals surface area contributed by atoms with Gasteiger partial charge < -0.3 is 19.5 Å².